The summed E-state index contributed by atoms with van der Waals surface area (Å²) < 4.78 is 0. The van der Waals surface area contributed by atoms with Gasteiger partial charge in [0.2, 0.25) is 0 Å². The Morgan fingerprint density at radius 3 is 2.39 bits per heavy atom. The minimum absolute atomic E-state index is 0.231. The third kappa shape index (κ3) is 2.66. The molecule has 4 nitrogen and oxygen atoms in total. The van der Waals surface area contributed by atoms with Crippen molar-refractivity contribution in [1.82, 2.24) is 0 Å². The highest BCUT2D eigenvalue weighted by molar-refractivity contribution is 5.52. The Labute approximate surface area is 106 Å². The Balaban J connectivity index is 2.18. The summed E-state index contributed by atoms with van der Waals surface area (Å²) in [6.07, 6.45) is 0. The molecule has 0 aromatic heterocycles. The quantitative estimate of drug-likeness (QED) is 0.572. The Morgan fingerprint density at radius 1 is 1.06 bits per heavy atom. The van der Waals surface area contributed by atoms with Gasteiger partial charge in [0.15, 0.2) is 0 Å². The number of phenols is 2. The van der Waals surface area contributed by atoms with E-state index in [2.05, 4.69) is 0 Å². The molecule has 18 heavy (non-hydrogen) atoms. The van der Waals surface area contributed by atoms with Crippen molar-refractivity contribution >= 4 is 11.4 Å². The first kappa shape index (κ1) is 12.1. The molecule has 0 amide bonds. The number of hydrogen-bond donors (Lipinski definition) is 3. The Kier molecular flexibility index (Phi) is 3.28. The summed E-state index contributed by atoms with van der Waals surface area (Å²) in [6, 6.07) is 11.9. The largest absolute Gasteiger partial charge is 0.508 e. The molecule has 0 saturated heterocycles. The van der Waals surface area contributed by atoms with Crippen molar-refractivity contribution in [1.29, 1.82) is 0 Å². The minimum Gasteiger partial charge on any atom is -0.508 e. The molecule has 2 rings (SSSR count). The molecule has 0 aliphatic heterocycles. The van der Waals surface area contributed by atoms with Gasteiger partial charge in [0.1, 0.15) is 11.5 Å². The van der Waals surface area contributed by atoms with Crippen LogP contribution in [-0.2, 0) is 6.54 Å². The molecule has 0 aliphatic rings. The lowest BCUT2D eigenvalue weighted by atomic mass is 10.1. The van der Waals surface area contributed by atoms with Crippen molar-refractivity contribution in [2.75, 3.05) is 17.7 Å². The maximum absolute atomic E-state index is 9.75. The van der Waals surface area contributed by atoms with Crippen LogP contribution >= 0.6 is 0 Å². The first-order valence-corrected chi connectivity index (χ1v) is 5.64. The predicted octanol–water partition coefficient (Wildman–Crippen LogP) is 2.32. The lowest BCUT2D eigenvalue weighted by Crippen LogP contribution is -2.16. The van der Waals surface area contributed by atoms with Gasteiger partial charge in [0.25, 0.3) is 0 Å². The predicted molar refractivity (Wildman–Crippen MR) is 72.7 cm³/mol. The zero-order valence-electron chi connectivity index (χ0n) is 10.2. The molecule has 0 fully saturated rings. The number of rotatable bonds is 3. The van der Waals surface area contributed by atoms with Crippen LogP contribution in [0.25, 0.3) is 0 Å². The van der Waals surface area contributed by atoms with Crippen molar-refractivity contribution in [3.8, 4) is 11.5 Å². The van der Waals surface area contributed by atoms with Crippen LogP contribution in [-0.4, -0.2) is 17.3 Å². The zero-order valence-corrected chi connectivity index (χ0v) is 10.2. The van der Waals surface area contributed by atoms with Crippen LogP contribution in [0.4, 0.5) is 11.4 Å². The Morgan fingerprint density at radius 2 is 1.72 bits per heavy atom. The van der Waals surface area contributed by atoms with E-state index in [4.69, 9.17) is 5.73 Å². The van der Waals surface area contributed by atoms with Crippen LogP contribution in [0, 0.1) is 0 Å². The maximum atomic E-state index is 9.75. The molecule has 0 radical (unpaired) electrons. The molecule has 2 aromatic rings. The molecular formula is C14H16N2O2. The second-order valence-electron chi connectivity index (χ2n) is 4.26. The number of anilines is 2. The highest BCUT2D eigenvalue weighted by Crippen LogP contribution is 2.24. The number of hydrogen-bond acceptors (Lipinski definition) is 4. The molecule has 0 heterocycles. The van der Waals surface area contributed by atoms with Gasteiger partial charge in [-0.2, -0.15) is 0 Å². The van der Waals surface area contributed by atoms with Gasteiger partial charge in [-0.1, -0.05) is 0 Å². The lowest BCUT2D eigenvalue weighted by molar-refractivity contribution is 0.467. The summed E-state index contributed by atoms with van der Waals surface area (Å²) in [4.78, 5) is 1.97. The van der Waals surface area contributed by atoms with Crippen molar-refractivity contribution in [2.24, 2.45) is 0 Å². The average Bonchev–Trinajstić information content (AvgIpc) is 2.34. The fourth-order valence-electron chi connectivity index (χ4n) is 1.79. The number of benzene rings is 2. The van der Waals surface area contributed by atoms with Crippen LogP contribution < -0.4 is 10.6 Å². The van der Waals surface area contributed by atoms with Crippen LogP contribution in [0.15, 0.2) is 42.5 Å². The summed E-state index contributed by atoms with van der Waals surface area (Å²) in [6.45, 7) is 0.543. The number of nitrogen functional groups attached to an aromatic ring is 1. The summed E-state index contributed by atoms with van der Waals surface area (Å²) in [7, 11) is 1.91. The van der Waals surface area contributed by atoms with E-state index in [-0.39, 0.29) is 11.5 Å². The van der Waals surface area contributed by atoms with Gasteiger partial charge >= 0.3 is 0 Å². The van der Waals surface area contributed by atoms with E-state index < -0.39 is 0 Å². The van der Waals surface area contributed by atoms with Gasteiger partial charge < -0.3 is 20.8 Å². The standard InChI is InChI=1S/C14H16N2O2/c1-16(12-3-5-13(17)6-4-12)9-10-8-11(15)2-7-14(10)18/h2-8,17-18H,9,15H2,1H3. The number of aromatic hydroxyl groups is 2. The topological polar surface area (TPSA) is 69.7 Å². The van der Waals surface area contributed by atoms with Crippen molar-refractivity contribution in [3.63, 3.8) is 0 Å². The van der Waals surface area contributed by atoms with E-state index in [0.717, 1.165) is 11.3 Å². The number of nitrogens with two attached hydrogens (primary N) is 1. The number of phenolic OH excluding ortho intramolecular Hbond substituents is 2. The molecular weight excluding hydrogens is 228 g/mol. The van der Waals surface area contributed by atoms with Gasteiger partial charge in [0, 0.05) is 30.5 Å². The first-order valence-electron chi connectivity index (χ1n) is 5.64. The molecule has 0 spiro atoms. The van der Waals surface area contributed by atoms with Crippen molar-refractivity contribution in [2.45, 2.75) is 6.54 Å². The van der Waals surface area contributed by atoms with Gasteiger partial charge in [-0.3, -0.25) is 0 Å². The lowest BCUT2D eigenvalue weighted by Gasteiger charge is -2.20. The number of nitrogens with zero attached hydrogens (tertiary/aromatic N) is 1. The van der Waals surface area contributed by atoms with E-state index in [1.54, 1.807) is 30.3 Å². The molecule has 2 aromatic carbocycles. The molecule has 4 N–H and O–H groups in total. The maximum Gasteiger partial charge on any atom is 0.120 e. The van der Waals surface area contributed by atoms with E-state index in [1.165, 1.54) is 0 Å². The third-order valence-corrected chi connectivity index (χ3v) is 2.80. The monoisotopic (exact) mass is 244 g/mol. The van der Waals surface area contributed by atoms with E-state index in [9.17, 15) is 10.2 Å². The highest BCUT2D eigenvalue weighted by atomic mass is 16.3. The normalized spacial score (nSPS) is 10.3. The summed E-state index contributed by atoms with van der Waals surface area (Å²) in [5.41, 5.74) is 8.05. The van der Waals surface area contributed by atoms with Gasteiger partial charge in [-0.25, -0.2) is 0 Å². The van der Waals surface area contributed by atoms with Crippen LogP contribution in [0.2, 0.25) is 0 Å². The second kappa shape index (κ2) is 4.87. The van der Waals surface area contributed by atoms with Gasteiger partial charge in [0.05, 0.1) is 0 Å². The Bertz CT molecular complexity index is 538. The smallest absolute Gasteiger partial charge is 0.120 e. The summed E-state index contributed by atoms with van der Waals surface area (Å²) in [5.74, 6) is 0.466. The molecule has 0 unspecified atom stereocenters. The summed E-state index contributed by atoms with van der Waals surface area (Å²) >= 11 is 0. The Hall–Kier alpha value is -2.36. The minimum atomic E-state index is 0.231. The van der Waals surface area contributed by atoms with Crippen LogP contribution in [0.3, 0.4) is 0 Å². The third-order valence-electron chi connectivity index (χ3n) is 2.80. The highest BCUT2D eigenvalue weighted by Gasteiger charge is 2.06. The average molecular weight is 244 g/mol. The molecule has 0 aliphatic carbocycles. The van der Waals surface area contributed by atoms with Crippen LogP contribution in [0.1, 0.15) is 5.56 Å². The molecule has 0 saturated carbocycles. The molecule has 94 valence electrons. The van der Waals surface area contributed by atoms with Gasteiger partial charge in [-0.15, -0.1) is 0 Å². The SMILES string of the molecule is CN(Cc1cc(N)ccc1O)c1ccc(O)cc1. The molecule has 4 heteroatoms. The van der Waals surface area contributed by atoms with Gasteiger partial charge in [-0.05, 0) is 42.5 Å². The van der Waals surface area contributed by atoms with E-state index in [0.29, 0.717) is 12.2 Å². The molecule has 0 atom stereocenters. The van der Waals surface area contributed by atoms with Crippen LogP contribution in [0.5, 0.6) is 11.5 Å². The second-order valence-corrected chi connectivity index (χ2v) is 4.26. The molecule has 0 bridgehead atoms. The van der Waals surface area contributed by atoms with E-state index >= 15 is 0 Å². The van der Waals surface area contributed by atoms with Crippen molar-refractivity contribution in [3.05, 3.63) is 48.0 Å². The first-order chi connectivity index (χ1) is 8.56. The fourth-order valence-corrected chi connectivity index (χ4v) is 1.79. The van der Waals surface area contributed by atoms with Crippen molar-refractivity contribution < 1.29 is 10.2 Å². The fraction of sp³-hybridized carbons (Fsp3) is 0.143. The van der Waals surface area contributed by atoms with E-state index in [1.807, 2.05) is 24.1 Å². The zero-order chi connectivity index (χ0) is 13.1. The summed E-state index contributed by atoms with van der Waals surface area (Å²) in [5, 5.41) is 19.0.